The summed E-state index contributed by atoms with van der Waals surface area (Å²) in [4.78, 5) is 14.9. The maximum absolute atomic E-state index is 10.7. The summed E-state index contributed by atoms with van der Waals surface area (Å²) in [5.74, 6) is 0. The van der Waals surface area contributed by atoms with Crippen LogP contribution in [0.4, 0.5) is 0 Å². The van der Waals surface area contributed by atoms with Gasteiger partial charge in [-0.25, -0.2) is 4.98 Å². The molecule has 2 aromatic rings. The zero-order valence-electron chi connectivity index (χ0n) is 9.27. The lowest BCUT2D eigenvalue weighted by atomic mass is 9.95. The number of carbonyl (C=O) groups is 1. The van der Waals surface area contributed by atoms with Gasteiger partial charge in [-0.05, 0) is 19.9 Å². The van der Waals surface area contributed by atoms with E-state index in [1.807, 2.05) is 24.3 Å². The van der Waals surface area contributed by atoms with E-state index in [9.17, 15) is 9.90 Å². The van der Waals surface area contributed by atoms with E-state index >= 15 is 0 Å². The van der Waals surface area contributed by atoms with Gasteiger partial charge in [0.2, 0.25) is 0 Å². The molecule has 0 spiro atoms. The second-order valence-corrected chi connectivity index (χ2v) is 4.29. The third kappa shape index (κ3) is 1.82. The molecule has 1 heterocycles. The molecule has 0 saturated carbocycles. The Bertz CT molecular complexity index is 541. The van der Waals surface area contributed by atoms with Crippen molar-refractivity contribution in [1.82, 2.24) is 4.98 Å². The molecule has 16 heavy (non-hydrogen) atoms. The Morgan fingerprint density at radius 3 is 2.62 bits per heavy atom. The number of para-hydroxylation sites is 1. The zero-order chi connectivity index (χ0) is 11.8. The van der Waals surface area contributed by atoms with Gasteiger partial charge in [-0.3, -0.25) is 4.79 Å². The van der Waals surface area contributed by atoms with Crippen molar-refractivity contribution < 1.29 is 9.90 Å². The van der Waals surface area contributed by atoms with Crippen molar-refractivity contribution in [2.75, 3.05) is 0 Å². The fourth-order valence-electron chi connectivity index (χ4n) is 1.72. The maximum Gasteiger partial charge on any atom is 0.168 e. The van der Waals surface area contributed by atoms with Crippen molar-refractivity contribution in [1.29, 1.82) is 0 Å². The summed E-state index contributed by atoms with van der Waals surface area (Å²) in [7, 11) is 0. The normalized spacial score (nSPS) is 11.7. The molecule has 0 saturated heterocycles. The van der Waals surface area contributed by atoms with E-state index in [2.05, 4.69) is 4.98 Å². The smallest absolute Gasteiger partial charge is 0.168 e. The Labute approximate surface area is 93.7 Å². The highest BCUT2D eigenvalue weighted by atomic mass is 16.3. The van der Waals surface area contributed by atoms with E-state index in [4.69, 9.17) is 0 Å². The number of rotatable bonds is 2. The molecule has 3 heteroatoms. The number of hydrogen-bond donors (Lipinski definition) is 1. The minimum Gasteiger partial charge on any atom is -0.386 e. The van der Waals surface area contributed by atoms with Crippen molar-refractivity contribution in [3.8, 4) is 0 Å². The monoisotopic (exact) mass is 215 g/mol. The molecule has 2 rings (SSSR count). The summed E-state index contributed by atoms with van der Waals surface area (Å²) >= 11 is 0. The molecule has 0 unspecified atom stereocenters. The lowest BCUT2D eigenvalue weighted by Gasteiger charge is -2.19. The van der Waals surface area contributed by atoms with Crippen LogP contribution in [0.1, 0.15) is 29.9 Å². The van der Waals surface area contributed by atoms with E-state index < -0.39 is 5.60 Å². The van der Waals surface area contributed by atoms with Gasteiger partial charge in [0.1, 0.15) is 5.69 Å². The van der Waals surface area contributed by atoms with Gasteiger partial charge in [-0.1, -0.05) is 24.3 Å². The fourth-order valence-corrected chi connectivity index (χ4v) is 1.72. The zero-order valence-corrected chi connectivity index (χ0v) is 9.27. The Balaban J connectivity index is 2.79. The average molecular weight is 215 g/mol. The second-order valence-electron chi connectivity index (χ2n) is 4.29. The molecule has 82 valence electrons. The molecule has 1 aromatic heterocycles. The Morgan fingerprint density at radius 1 is 1.25 bits per heavy atom. The minimum atomic E-state index is -0.964. The number of benzene rings is 1. The number of fused-ring (bicyclic) bond motifs is 1. The number of pyridine rings is 1. The van der Waals surface area contributed by atoms with Crippen LogP contribution in [-0.2, 0) is 5.60 Å². The fraction of sp³-hybridized carbons (Fsp3) is 0.231. The molecule has 1 aromatic carbocycles. The van der Waals surface area contributed by atoms with Gasteiger partial charge in [-0.15, -0.1) is 0 Å². The van der Waals surface area contributed by atoms with Crippen molar-refractivity contribution in [3.05, 3.63) is 41.6 Å². The summed E-state index contributed by atoms with van der Waals surface area (Å²) in [6.45, 7) is 3.41. The molecule has 0 radical (unpaired) electrons. The third-order valence-corrected chi connectivity index (χ3v) is 2.52. The van der Waals surface area contributed by atoms with E-state index in [1.165, 1.54) is 0 Å². The van der Waals surface area contributed by atoms with Crippen molar-refractivity contribution in [2.24, 2.45) is 0 Å². The van der Waals surface area contributed by atoms with E-state index in [0.717, 1.165) is 10.9 Å². The molecule has 1 N–H and O–H groups in total. The molecule has 0 bridgehead atoms. The van der Waals surface area contributed by atoms with Gasteiger partial charge < -0.3 is 5.11 Å². The molecule has 0 aliphatic heterocycles. The van der Waals surface area contributed by atoms with Gasteiger partial charge >= 0.3 is 0 Å². The Morgan fingerprint density at radius 2 is 2.00 bits per heavy atom. The topological polar surface area (TPSA) is 50.2 Å². The first kappa shape index (κ1) is 10.8. The van der Waals surface area contributed by atoms with Crippen LogP contribution in [0.25, 0.3) is 10.9 Å². The lowest BCUT2D eigenvalue weighted by molar-refractivity contribution is 0.0799. The van der Waals surface area contributed by atoms with Gasteiger partial charge in [0, 0.05) is 10.9 Å². The molecule has 3 nitrogen and oxygen atoms in total. The number of carbonyl (C=O) groups excluding carboxylic acids is 1. The predicted molar refractivity (Wildman–Crippen MR) is 62.4 cm³/mol. The quantitative estimate of drug-likeness (QED) is 0.782. The molecule has 0 amide bonds. The first-order valence-electron chi connectivity index (χ1n) is 5.10. The van der Waals surface area contributed by atoms with E-state index in [0.29, 0.717) is 17.5 Å². The van der Waals surface area contributed by atoms with Crippen molar-refractivity contribution >= 4 is 17.2 Å². The first-order chi connectivity index (χ1) is 7.52. The number of hydrogen-bond acceptors (Lipinski definition) is 3. The van der Waals surface area contributed by atoms with Crippen LogP contribution >= 0.6 is 0 Å². The number of aromatic nitrogens is 1. The summed E-state index contributed by atoms with van der Waals surface area (Å²) < 4.78 is 0. The summed E-state index contributed by atoms with van der Waals surface area (Å²) in [5.41, 5.74) is 0.825. The highest BCUT2D eigenvalue weighted by Crippen LogP contribution is 2.26. The largest absolute Gasteiger partial charge is 0.386 e. The number of aldehydes is 1. The van der Waals surface area contributed by atoms with Crippen LogP contribution in [-0.4, -0.2) is 16.4 Å². The SMILES string of the molecule is CC(C)(O)c1cccc2ccc(C=O)nc12. The minimum absolute atomic E-state index is 0.379. The van der Waals surface area contributed by atoms with Crippen LogP contribution in [0.5, 0.6) is 0 Å². The van der Waals surface area contributed by atoms with Crippen LogP contribution in [0.3, 0.4) is 0 Å². The Kier molecular flexibility index (Phi) is 2.48. The maximum atomic E-state index is 10.7. The molecule has 0 atom stereocenters. The Hall–Kier alpha value is -1.74. The van der Waals surface area contributed by atoms with Crippen LogP contribution in [0.15, 0.2) is 30.3 Å². The van der Waals surface area contributed by atoms with Gasteiger partial charge in [0.15, 0.2) is 6.29 Å². The van der Waals surface area contributed by atoms with Crippen LogP contribution in [0.2, 0.25) is 0 Å². The first-order valence-corrected chi connectivity index (χ1v) is 5.10. The third-order valence-electron chi connectivity index (χ3n) is 2.52. The van der Waals surface area contributed by atoms with Crippen molar-refractivity contribution in [2.45, 2.75) is 19.4 Å². The molecule has 0 fully saturated rings. The van der Waals surface area contributed by atoms with Gasteiger partial charge in [0.25, 0.3) is 0 Å². The molecular weight excluding hydrogens is 202 g/mol. The van der Waals surface area contributed by atoms with Crippen LogP contribution < -0.4 is 0 Å². The van der Waals surface area contributed by atoms with E-state index in [-0.39, 0.29) is 0 Å². The highest BCUT2D eigenvalue weighted by Gasteiger charge is 2.19. The van der Waals surface area contributed by atoms with Crippen molar-refractivity contribution in [3.63, 3.8) is 0 Å². The predicted octanol–water partition coefficient (Wildman–Crippen LogP) is 2.27. The lowest BCUT2D eigenvalue weighted by Crippen LogP contribution is -2.16. The van der Waals surface area contributed by atoms with Gasteiger partial charge in [-0.2, -0.15) is 0 Å². The number of aliphatic hydroxyl groups is 1. The number of nitrogens with zero attached hydrogens (tertiary/aromatic N) is 1. The summed E-state index contributed by atoms with van der Waals surface area (Å²) in [5, 5.41) is 10.9. The second kappa shape index (κ2) is 3.68. The molecular formula is C13H13NO2. The average Bonchev–Trinajstić information content (AvgIpc) is 2.26. The van der Waals surface area contributed by atoms with Crippen LogP contribution in [0, 0.1) is 0 Å². The summed E-state index contributed by atoms with van der Waals surface area (Å²) in [6.07, 6.45) is 0.709. The van der Waals surface area contributed by atoms with E-state index in [1.54, 1.807) is 19.9 Å². The standard InChI is InChI=1S/C13H13NO2/c1-13(2,16)11-5-3-4-9-6-7-10(8-15)14-12(9)11/h3-8,16H,1-2H3. The highest BCUT2D eigenvalue weighted by molar-refractivity contribution is 5.86. The molecule has 0 aliphatic carbocycles. The van der Waals surface area contributed by atoms with Gasteiger partial charge in [0.05, 0.1) is 11.1 Å². The summed E-state index contributed by atoms with van der Waals surface area (Å²) in [6, 6.07) is 9.11. The molecule has 0 aliphatic rings.